The zero-order chi connectivity index (χ0) is 15.9. The van der Waals surface area contributed by atoms with Gasteiger partial charge in [0.2, 0.25) is 0 Å². The number of hydrogen-bond acceptors (Lipinski definition) is 3. The van der Waals surface area contributed by atoms with Crippen LogP contribution in [0.5, 0.6) is 5.75 Å². The van der Waals surface area contributed by atoms with Gasteiger partial charge in [0.25, 0.3) is 5.91 Å². The molecule has 0 atom stereocenters. The molecule has 0 aliphatic carbocycles. The summed E-state index contributed by atoms with van der Waals surface area (Å²) >= 11 is 11.9. The number of ether oxygens (including phenoxy) is 1. The third-order valence-corrected chi connectivity index (χ3v) is 3.60. The van der Waals surface area contributed by atoms with Crippen LogP contribution in [-0.2, 0) is 4.79 Å². The highest BCUT2D eigenvalue weighted by Gasteiger charge is 2.03. The van der Waals surface area contributed by atoms with Crippen molar-refractivity contribution in [3.8, 4) is 5.75 Å². The monoisotopic (exact) mass is 336 g/mol. The highest BCUT2D eigenvalue weighted by molar-refractivity contribution is 6.43. The third-order valence-electron chi connectivity index (χ3n) is 2.77. The molecule has 114 valence electrons. The number of amides is 1. The van der Waals surface area contributed by atoms with Crippen LogP contribution in [0.25, 0.3) is 0 Å². The Bertz CT molecular complexity index is 685. The van der Waals surface area contributed by atoms with E-state index in [0.717, 1.165) is 5.56 Å². The number of hydrazone groups is 1. The van der Waals surface area contributed by atoms with Crippen LogP contribution in [0.2, 0.25) is 10.0 Å². The van der Waals surface area contributed by atoms with Crippen LogP contribution in [0.3, 0.4) is 0 Å². The SMILES string of the molecule is Cc1ccc(OCC(=O)N/N=C\c2cccc(Cl)c2Cl)cc1. The summed E-state index contributed by atoms with van der Waals surface area (Å²) in [7, 11) is 0. The lowest BCUT2D eigenvalue weighted by atomic mass is 10.2. The number of carbonyl (C=O) groups is 1. The van der Waals surface area contributed by atoms with Gasteiger partial charge in [0.1, 0.15) is 5.75 Å². The molecule has 2 aromatic rings. The van der Waals surface area contributed by atoms with Crippen LogP contribution in [0.4, 0.5) is 0 Å². The minimum Gasteiger partial charge on any atom is -0.484 e. The van der Waals surface area contributed by atoms with E-state index in [2.05, 4.69) is 10.5 Å². The molecule has 0 saturated heterocycles. The molecule has 4 nitrogen and oxygen atoms in total. The molecule has 2 aromatic carbocycles. The first-order valence-electron chi connectivity index (χ1n) is 6.51. The summed E-state index contributed by atoms with van der Waals surface area (Å²) in [6.07, 6.45) is 1.43. The normalized spacial score (nSPS) is 10.7. The van der Waals surface area contributed by atoms with E-state index in [0.29, 0.717) is 21.4 Å². The maximum absolute atomic E-state index is 11.6. The molecule has 2 rings (SSSR count). The zero-order valence-electron chi connectivity index (χ0n) is 11.8. The lowest BCUT2D eigenvalue weighted by molar-refractivity contribution is -0.123. The van der Waals surface area contributed by atoms with Crippen molar-refractivity contribution in [1.29, 1.82) is 0 Å². The van der Waals surface area contributed by atoms with Gasteiger partial charge in [0.05, 0.1) is 16.3 Å². The molecule has 22 heavy (non-hydrogen) atoms. The van der Waals surface area contributed by atoms with Gasteiger partial charge in [-0.3, -0.25) is 4.79 Å². The first-order valence-corrected chi connectivity index (χ1v) is 7.27. The lowest BCUT2D eigenvalue weighted by Crippen LogP contribution is -2.24. The average molecular weight is 337 g/mol. The van der Waals surface area contributed by atoms with Gasteiger partial charge in [-0.15, -0.1) is 0 Å². The fourth-order valence-corrected chi connectivity index (χ4v) is 1.97. The van der Waals surface area contributed by atoms with Crippen molar-refractivity contribution in [1.82, 2.24) is 5.43 Å². The van der Waals surface area contributed by atoms with E-state index in [-0.39, 0.29) is 12.5 Å². The quantitative estimate of drug-likeness (QED) is 0.666. The van der Waals surface area contributed by atoms with E-state index in [1.165, 1.54) is 6.21 Å². The van der Waals surface area contributed by atoms with Crippen LogP contribution >= 0.6 is 23.2 Å². The number of benzene rings is 2. The summed E-state index contributed by atoms with van der Waals surface area (Å²) in [6.45, 7) is 1.86. The number of nitrogens with zero attached hydrogens (tertiary/aromatic N) is 1. The predicted molar refractivity (Wildman–Crippen MR) is 88.9 cm³/mol. The number of nitrogens with one attached hydrogen (secondary N) is 1. The molecule has 0 unspecified atom stereocenters. The largest absolute Gasteiger partial charge is 0.484 e. The van der Waals surface area contributed by atoms with Crippen molar-refractivity contribution >= 4 is 35.3 Å². The standard InChI is InChI=1S/C16H14Cl2N2O2/c1-11-5-7-13(8-6-11)22-10-15(21)20-19-9-12-3-2-4-14(17)16(12)18/h2-9H,10H2,1H3,(H,20,21)/b19-9-. The zero-order valence-corrected chi connectivity index (χ0v) is 13.4. The fraction of sp³-hybridized carbons (Fsp3) is 0.125. The summed E-state index contributed by atoms with van der Waals surface area (Å²) in [5.41, 5.74) is 4.11. The molecule has 0 aliphatic rings. The lowest BCUT2D eigenvalue weighted by Gasteiger charge is -2.05. The first kappa shape index (κ1) is 16.3. The Labute approximate surface area is 138 Å². The van der Waals surface area contributed by atoms with E-state index in [9.17, 15) is 4.79 Å². The highest BCUT2D eigenvalue weighted by Crippen LogP contribution is 2.24. The Morgan fingerprint density at radius 2 is 1.95 bits per heavy atom. The summed E-state index contributed by atoms with van der Waals surface area (Å²) in [5, 5.41) is 4.64. The number of aryl methyl sites for hydroxylation is 1. The second kappa shape index (κ2) is 7.82. The minimum absolute atomic E-state index is 0.121. The summed E-state index contributed by atoms with van der Waals surface area (Å²) in [6, 6.07) is 12.6. The van der Waals surface area contributed by atoms with E-state index in [1.54, 1.807) is 30.3 Å². The van der Waals surface area contributed by atoms with Crippen molar-refractivity contribution in [2.45, 2.75) is 6.92 Å². The van der Waals surface area contributed by atoms with E-state index < -0.39 is 0 Å². The summed E-state index contributed by atoms with van der Waals surface area (Å²) in [5.74, 6) is 0.262. The summed E-state index contributed by atoms with van der Waals surface area (Å²) < 4.78 is 5.34. The van der Waals surface area contributed by atoms with Crippen LogP contribution < -0.4 is 10.2 Å². The smallest absolute Gasteiger partial charge is 0.277 e. The van der Waals surface area contributed by atoms with E-state index in [4.69, 9.17) is 27.9 Å². The first-order chi connectivity index (χ1) is 10.6. The molecule has 0 heterocycles. The molecule has 0 fully saturated rings. The molecule has 1 amide bonds. The number of halogens is 2. The number of rotatable bonds is 5. The van der Waals surface area contributed by atoms with E-state index >= 15 is 0 Å². The fourth-order valence-electron chi connectivity index (χ4n) is 1.61. The number of hydrogen-bond donors (Lipinski definition) is 1. The summed E-state index contributed by atoms with van der Waals surface area (Å²) in [4.78, 5) is 11.6. The highest BCUT2D eigenvalue weighted by atomic mass is 35.5. The molecular weight excluding hydrogens is 323 g/mol. The topological polar surface area (TPSA) is 50.7 Å². The average Bonchev–Trinajstić information content (AvgIpc) is 2.51. The Morgan fingerprint density at radius 1 is 1.23 bits per heavy atom. The Kier molecular flexibility index (Phi) is 5.81. The molecule has 6 heteroatoms. The molecule has 0 aliphatic heterocycles. The van der Waals surface area contributed by atoms with Crippen molar-refractivity contribution in [2.75, 3.05) is 6.61 Å². The van der Waals surface area contributed by atoms with Gasteiger partial charge in [-0.05, 0) is 25.1 Å². The van der Waals surface area contributed by atoms with Gasteiger partial charge in [0, 0.05) is 5.56 Å². The van der Waals surface area contributed by atoms with Crippen molar-refractivity contribution in [3.05, 3.63) is 63.6 Å². The second-order valence-corrected chi connectivity index (χ2v) is 5.32. The van der Waals surface area contributed by atoms with Crippen LogP contribution in [0.1, 0.15) is 11.1 Å². The van der Waals surface area contributed by atoms with E-state index in [1.807, 2.05) is 19.1 Å². The Balaban J connectivity index is 1.83. The van der Waals surface area contributed by atoms with Gasteiger partial charge in [0.15, 0.2) is 6.61 Å². The maximum atomic E-state index is 11.6. The third kappa shape index (κ3) is 4.76. The van der Waals surface area contributed by atoms with Crippen LogP contribution in [-0.4, -0.2) is 18.7 Å². The van der Waals surface area contributed by atoms with Gasteiger partial charge in [-0.2, -0.15) is 5.10 Å². The molecule has 1 N–H and O–H groups in total. The molecule has 0 saturated carbocycles. The molecule has 0 spiro atoms. The molecule has 0 bridgehead atoms. The van der Waals surface area contributed by atoms with Gasteiger partial charge < -0.3 is 4.74 Å². The maximum Gasteiger partial charge on any atom is 0.277 e. The predicted octanol–water partition coefficient (Wildman–Crippen LogP) is 3.83. The molecule has 0 radical (unpaired) electrons. The van der Waals surface area contributed by atoms with Crippen molar-refractivity contribution in [3.63, 3.8) is 0 Å². The molecule has 0 aromatic heterocycles. The van der Waals surface area contributed by atoms with Crippen LogP contribution in [0, 0.1) is 6.92 Å². The Morgan fingerprint density at radius 3 is 2.68 bits per heavy atom. The van der Waals surface area contributed by atoms with Crippen molar-refractivity contribution in [2.24, 2.45) is 5.10 Å². The minimum atomic E-state index is -0.366. The number of carbonyl (C=O) groups excluding carboxylic acids is 1. The van der Waals surface area contributed by atoms with Crippen LogP contribution in [0.15, 0.2) is 47.6 Å². The van der Waals surface area contributed by atoms with Gasteiger partial charge in [-0.1, -0.05) is 53.0 Å². The van der Waals surface area contributed by atoms with Gasteiger partial charge >= 0.3 is 0 Å². The van der Waals surface area contributed by atoms with Gasteiger partial charge in [-0.25, -0.2) is 5.43 Å². The molecular formula is C16H14Cl2N2O2. The second-order valence-electron chi connectivity index (χ2n) is 4.54. The van der Waals surface area contributed by atoms with Crippen molar-refractivity contribution < 1.29 is 9.53 Å². The Hall–Kier alpha value is -2.04.